The zero-order valence-corrected chi connectivity index (χ0v) is 12.3. The van der Waals surface area contributed by atoms with E-state index in [9.17, 15) is 0 Å². The highest BCUT2D eigenvalue weighted by Crippen LogP contribution is 2.37. The van der Waals surface area contributed by atoms with Gasteiger partial charge in [-0.2, -0.15) is 0 Å². The Bertz CT molecular complexity index is 573. The van der Waals surface area contributed by atoms with Crippen molar-refractivity contribution in [2.45, 2.75) is 37.6 Å². The first-order valence-electron chi connectivity index (χ1n) is 6.68. The van der Waals surface area contributed by atoms with Crippen LogP contribution in [0, 0.1) is 0 Å². The molecule has 2 nitrogen and oxygen atoms in total. The molecule has 3 rings (SSSR count). The van der Waals surface area contributed by atoms with Gasteiger partial charge in [0, 0.05) is 16.0 Å². The Hall–Kier alpha value is -0.900. The van der Waals surface area contributed by atoms with Crippen LogP contribution in [0.4, 0.5) is 0 Å². The lowest BCUT2D eigenvalue weighted by Gasteiger charge is -2.31. The van der Waals surface area contributed by atoms with Crippen LogP contribution in [0.2, 0.25) is 5.02 Å². The van der Waals surface area contributed by atoms with E-state index in [1.165, 1.54) is 19.3 Å². The molecule has 0 bridgehead atoms. The lowest BCUT2D eigenvalue weighted by molar-refractivity contribution is 0.301. The third kappa shape index (κ3) is 2.69. The Morgan fingerprint density at radius 2 is 2.00 bits per heavy atom. The first-order valence-corrected chi connectivity index (χ1v) is 7.94. The van der Waals surface area contributed by atoms with Gasteiger partial charge in [0.05, 0.1) is 11.2 Å². The fourth-order valence-corrected chi connectivity index (χ4v) is 3.87. The monoisotopic (exact) mass is 292 g/mol. The molecule has 4 heteroatoms. The van der Waals surface area contributed by atoms with Crippen molar-refractivity contribution in [1.82, 2.24) is 4.98 Å². The van der Waals surface area contributed by atoms with Crippen molar-refractivity contribution in [3.8, 4) is 11.3 Å². The molecule has 2 aromatic rings. The number of thiazole rings is 1. The summed E-state index contributed by atoms with van der Waals surface area (Å²) in [5, 5.41) is 3.90. The van der Waals surface area contributed by atoms with Gasteiger partial charge in [-0.15, -0.1) is 11.3 Å². The number of rotatable bonds is 2. The molecular weight excluding hydrogens is 276 g/mol. The second-order valence-electron chi connectivity index (χ2n) is 5.27. The molecule has 0 aliphatic heterocycles. The lowest BCUT2D eigenvalue weighted by Crippen LogP contribution is -2.38. The number of benzene rings is 1. The minimum absolute atomic E-state index is 0.209. The second kappa shape index (κ2) is 5.23. The zero-order valence-electron chi connectivity index (χ0n) is 10.7. The molecule has 0 atom stereocenters. The van der Waals surface area contributed by atoms with Crippen LogP contribution in [-0.4, -0.2) is 4.98 Å². The largest absolute Gasteiger partial charge is 0.319 e. The molecule has 0 spiro atoms. The van der Waals surface area contributed by atoms with Crippen LogP contribution in [0.15, 0.2) is 29.6 Å². The van der Waals surface area contributed by atoms with Gasteiger partial charge in [0.25, 0.3) is 0 Å². The summed E-state index contributed by atoms with van der Waals surface area (Å²) in [6, 6.07) is 7.82. The highest BCUT2D eigenvalue weighted by atomic mass is 35.5. The number of hydrogen-bond acceptors (Lipinski definition) is 3. The molecule has 1 aliphatic carbocycles. The summed E-state index contributed by atoms with van der Waals surface area (Å²) in [6.45, 7) is 0. The van der Waals surface area contributed by atoms with Crippen LogP contribution in [-0.2, 0) is 5.54 Å². The minimum atomic E-state index is -0.209. The third-order valence-corrected chi connectivity index (χ3v) is 5.09. The quantitative estimate of drug-likeness (QED) is 0.880. The summed E-state index contributed by atoms with van der Waals surface area (Å²) in [5.41, 5.74) is 8.36. The van der Waals surface area contributed by atoms with Crippen LogP contribution in [0.5, 0.6) is 0 Å². The van der Waals surface area contributed by atoms with Gasteiger partial charge in [0.2, 0.25) is 0 Å². The Labute approximate surface area is 122 Å². The van der Waals surface area contributed by atoms with Crippen LogP contribution in [0.3, 0.4) is 0 Å². The van der Waals surface area contributed by atoms with Crippen molar-refractivity contribution in [1.29, 1.82) is 0 Å². The van der Waals surface area contributed by atoms with Crippen molar-refractivity contribution in [2.24, 2.45) is 5.73 Å². The predicted octanol–water partition coefficient (Wildman–Crippen LogP) is 4.58. The molecule has 1 fully saturated rings. The summed E-state index contributed by atoms with van der Waals surface area (Å²) in [4.78, 5) is 4.75. The van der Waals surface area contributed by atoms with Crippen molar-refractivity contribution in [3.63, 3.8) is 0 Å². The molecule has 0 unspecified atom stereocenters. The van der Waals surface area contributed by atoms with Gasteiger partial charge in [0.1, 0.15) is 5.01 Å². The molecule has 1 saturated carbocycles. The SMILES string of the molecule is NC1(c2nc(-c3cccc(Cl)c3)cs2)CCCCC1. The highest BCUT2D eigenvalue weighted by molar-refractivity contribution is 7.10. The van der Waals surface area contributed by atoms with Gasteiger partial charge in [-0.3, -0.25) is 0 Å². The van der Waals surface area contributed by atoms with Crippen molar-refractivity contribution in [2.75, 3.05) is 0 Å². The molecular formula is C15H17ClN2S. The summed E-state index contributed by atoms with van der Waals surface area (Å²) in [7, 11) is 0. The number of aromatic nitrogens is 1. The number of hydrogen-bond donors (Lipinski definition) is 1. The van der Waals surface area contributed by atoms with E-state index in [0.29, 0.717) is 0 Å². The Balaban J connectivity index is 1.91. The fourth-order valence-electron chi connectivity index (χ4n) is 2.68. The molecule has 100 valence electrons. The third-order valence-electron chi connectivity index (χ3n) is 3.80. The molecule has 1 heterocycles. The molecule has 1 aromatic carbocycles. The summed E-state index contributed by atoms with van der Waals surface area (Å²) in [5.74, 6) is 0. The summed E-state index contributed by atoms with van der Waals surface area (Å²) >= 11 is 7.70. The van der Waals surface area contributed by atoms with Crippen LogP contribution < -0.4 is 5.73 Å². The molecule has 1 aliphatic rings. The van der Waals surface area contributed by atoms with Crippen LogP contribution >= 0.6 is 22.9 Å². The van der Waals surface area contributed by atoms with Crippen LogP contribution in [0.1, 0.15) is 37.1 Å². The van der Waals surface area contributed by atoms with Crippen molar-refractivity contribution < 1.29 is 0 Å². The van der Waals surface area contributed by atoms with Gasteiger partial charge in [0.15, 0.2) is 0 Å². The average molecular weight is 293 g/mol. The number of nitrogens with two attached hydrogens (primary N) is 1. The first kappa shape index (κ1) is 13.1. The normalized spacial score (nSPS) is 18.4. The van der Waals surface area contributed by atoms with Crippen molar-refractivity contribution >= 4 is 22.9 Å². The Morgan fingerprint density at radius 1 is 1.21 bits per heavy atom. The summed E-state index contributed by atoms with van der Waals surface area (Å²) < 4.78 is 0. The number of nitrogens with zero attached hydrogens (tertiary/aromatic N) is 1. The van der Waals surface area contributed by atoms with Crippen LogP contribution in [0.25, 0.3) is 11.3 Å². The second-order valence-corrected chi connectivity index (χ2v) is 6.56. The molecule has 19 heavy (non-hydrogen) atoms. The topological polar surface area (TPSA) is 38.9 Å². The zero-order chi connectivity index (χ0) is 13.3. The highest BCUT2D eigenvalue weighted by Gasteiger charge is 2.32. The number of halogens is 1. The van der Waals surface area contributed by atoms with E-state index in [1.54, 1.807) is 11.3 Å². The van der Waals surface area contributed by atoms with E-state index < -0.39 is 0 Å². The van der Waals surface area contributed by atoms with E-state index >= 15 is 0 Å². The first-order chi connectivity index (χ1) is 9.17. The maximum Gasteiger partial charge on any atom is 0.113 e. The molecule has 1 aromatic heterocycles. The fraction of sp³-hybridized carbons (Fsp3) is 0.400. The minimum Gasteiger partial charge on any atom is -0.319 e. The van der Waals surface area contributed by atoms with Gasteiger partial charge in [-0.25, -0.2) is 4.98 Å². The Morgan fingerprint density at radius 3 is 2.74 bits per heavy atom. The van der Waals surface area contributed by atoms with Gasteiger partial charge in [-0.05, 0) is 25.0 Å². The van der Waals surface area contributed by atoms with E-state index in [-0.39, 0.29) is 5.54 Å². The molecule has 0 saturated heterocycles. The van der Waals surface area contributed by atoms with Gasteiger partial charge < -0.3 is 5.73 Å². The smallest absolute Gasteiger partial charge is 0.113 e. The van der Waals surface area contributed by atoms with Crippen molar-refractivity contribution in [3.05, 3.63) is 39.7 Å². The van der Waals surface area contributed by atoms with Gasteiger partial charge in [-0.1, -0.05) is 43.0 Å². The lowest BCUT2D eigenvalue weighted by atomic mass is 9.83. The standard InChI is InChI=1S/C15H17ClN2S/c16-12-6-4-5-11(9-12)13-10-19-14(18-13)15(17)7-2-1-3-8-15/h4-6,9-10H,1-3,7-8,17H2. The predicted molar refractivity (Wildman–Crippen MR) is 81.5 cm³/mol. The molecule has 0 radical (unpaired) electrons. The van der Waals surface area contributed by atoms with E-state index in [4.69, 9.17) is 22.3 Å². The maximum absolute atomic E-state index is 6.52. The molecule has 2 N–H and O–H groups in total. The van der Waals surface area contributed by atoms with E-state index in [1.807, 2.05) is 24.3 Å². The van der Waals surface area contributed by atoms with E-state index in [2.05, 4.69) is 5.38 Å². The molecule has 0 amide bonds. The van der Waals surface area contributed by atoms with E-state index in [0.717, 1.165) is 34.1 Å². The maximum atomic E-state index is 6.52. The Kier molecular flexibility index (Phi) is 3.61. The average Bonchev–Trinajstić information content (AvgIpc) is 2.90. The summed E-state index contributed by atoms with van der Waals surface area (Å²) in [6.07, 6.45) is 5.82. The van der Waals surface area contributed by atoms with Gasteiger partial charge >= 0.3 is 0 Å².